The first-order valence-corrected chi connectivity index (χ1v) is 50.9. The second-order valence-electron chi connectivity index (χ2n) is 35.9. The lowest BCUT2D eigenvalue weighted by Gasteiger charge is -2.30. The summed E-state index contributed by atoms with van der Waals surface area (Å²) < 4.78 is 28.7. The molecule has 6 heterocycles. The summed E-state index contributed by atoms with van der Waals surface area (Å²) in [5.41, 5.74) is 1.73. The number of aromatic nitrogens is 12. The van der Waals surface area contributed by atoms with Gasteiger partial charge in [0.2, 0.25) is 41.4 Å². The number of fused-ring (bicyclic) bond motifs is 1. The zero-order valence-corrected chi connectivity index (χ0v) is 83.1. The molecular formula is C96H136N26O22S. The molecule has 14 amide bonds. The highest BCUT2D eigenvalue weighted by Crippen LogP contribution is 2.36. The van der Waals surface area contributed by atoms with Crippen LogP contribution in [0, 0.1) is 5.41 Å². The summed E-state index contributed by atoms with van der Waals surface area (Å²) >= 11 is 1.87. The van der Waals surface area contributed by atoms with E-state index in [4.69, 9.17) is 28.5 Å². The van der Waals surface area contributed by atoms with Crippen LogP contribution < -0.4 is 69.1 Å². The molecular weight excluding hydrogens is 1900 g/mol. The fraction of sp³-hybridized carbons (Fsp3) is 0.594. The van der Waals surface area contributed by atoms with Gasteiger partial charge in [0.05, 0.1) is 87.6 Å². The number of nitrogens with one attached hydrogen (secondary N) is 13. The summed E-state index contributed by atoms with van der Waals surface area (Å²) in [6.45, 7) is 7.92. The second-order valence-corrected chi connectivity index (χ2v) is 37.2. The molecule has 49 heteroatoms. The number of hydrogen-bond acceptors (Lipinski definition) is 33. The third-order valence-corrected chi connectivity index (χ3v) is 25.1. The summed E-state index contributed by atoms with van der Waals surface area (Å²) in [7, 11) is 0. The average Bonchev–Trinajstić information content (AvgIpc) is 1.74. The number of allylic oxidation sites excluding steroid dienone is 2. The van der Waals surface area contributed by atoms with Crippen molar-refractivity contribution < 1.29 is 105 Å². The molecule has 3 saturated heterocycles. The van der Waals surface area contributed by atoms with Crippen LogP contribution in [0.1, 0.15) is 232 Å². The van der Waals surface area contributed by atoms with Gasteiger partial charge in [0.1, 0.15) is 18.1 Å². The Kier molecular flexibility index (Phi) is 49.2. The molecule has 4 fully saturated rings. The maximum Gasteiger partial charge on any atom is 0.333 e. The van der Waals surface area contributed by atoms with E-state index in [0.717, 1.165) is 29.8 Å². The molecule has 0 spiro atoms. The lowest BCUT2D eigenvalue weighted by molar-refractivity contribution is -0.197. The van der Waals surface area contributed by atoms with Crippen LogP contribution in [-0.4, -0.2) is 320 Å². The average molecular weight is 2040 g/mol. The topological polar surface area (TPSA) is 619 Å². The number of amides is 14. The number of unbranched alkanes of at least 4 members (excludes halogenated alkanes) is 7. The highest BCUT2D eigenvalue weighted by atomic mass is 32.2. The number of ketones is 2. The number of hydroxylamine groups is 2. The van der Waals surface area contributed by atoms with Crippen molar-refractivity contribution in [1.29, 1.82) is 0 Å². The van der Waals surface area contributed by atoms with Gasteiger partial charge in [0.25, 0.3) is 47.0 Å². The van der Waals surface area contributed by atoms with E-state index in [-0.39, 0.29) is 220 Å². The Morgan fingerprint density at radius 3 is 1.32 bits per heavy atom. The van der Waals surface area contributed by atoms with E-state index in [1.807, 2.05) is 37.7 Å². The Morgan fingerprint density at radius 2 is 0.800 bits per heavy atom. The summed E-state index contributed by atoms with van der Waals surface area (Å²) in [6, 6.07) is 23.4. The number of urea groups is 1. The molecule has 13 N–H and O–H groups in total. The van der Waals surface area contributed by atoms with Crippen molar-refractivity contribution in [1.82, 2.24) is 135 Å². The van der Waals surface area contributed by atoms with E-state index in [1.165, 1.54) is 9.59 Å². The van der Waals surface area contributed by atoms with Crippen LogP contribution in [0.4, 0.5) is 4.79 Å². The number of Topliss-reactive ketones (excluding diaryl/α,β-unsaturated/α-hetero) is 2. The molecule has 0 radical (unpaired) electrons. The highest BCUT2D eigenvalue weighted by molar-refractivity contribution is 8.00. The minimum Gasteiger partial charge on any atom is -0.385 e. The van der Waals surface area contributed by atoms with Crippen molar-refractivity contribution in [2.45, 2.75) is 236 Å². The molecule has 1 saturated carbocycles. The molecule has 0 unspecified atom stereocenters. The largest absolute Gasteiger partial charge is 0.385 e. The molecule has 788 valence electrons. The fourth-order valence-electron chi connectivity index (χ4n) is 16.0. The summed E-state index contributed by atoms with van der Waals surface area (Å²) in [5, 5.41) is 74.5. The second kappa shape index (κ2) is 62.9. The van der Waals surface area contributed by atoms with Gasteiger partial charge >= 0.3 is 12.0 Å². The number of carbonyl (C=O) groups is 16. The molecule has 0 bridgehead atoms. The quantitative estimate of drug-likeness (QED) is 0.00857. The first kappa shape index (κ1) is 113. The molecule has 48 nitrogen and oxygen atoms in total. The summed E-state index contributed by atoms with van der Waals surface area (Å²) in [4.78, 5) is 217. The van der Waals surface area contributed by atoms with Crippen LogP contribution in [0.3, 0.4) is 0 Å². The van der Waals surface area contributed by atoms with E-state index in [0.29, 0.717) is 163 Å². The number of nitrogens with zero attached hydrogens (tertiary/aromatic N) is 13. The number of tetrazole rings is 3. The first-order valence-electron chi connectivity index (χ1n) is 49.9. The first-order chi connectivity index (χ1) is 70.3. The molecule has 6 atom stereocenters. The van der Waals surface area contributed by atoms with Crippen LogP contribution in [-0.2, 0) is 86.1 Å². The van der Waals surface area contributed by atoms with Gasteiger partial charge in [-0.1, -0.05) is 81.3 Å². The van der Waals surface area contributed by atoms with Crippen molar-refractivity contribution >= 4 is 106 Å². The number of ether oxygens (including phenoxy) is 5. The van der Waals surface area contributed by atoms with Gasteiger partial charge in [-0.2, -0.15) is 11.8 Å². The third kappa shape index (κ3) is 41.3. The van der Waals surface area contributed by atoms with Gasteiger partial charge in [-0.3, -0.25) is 67.1 Å². The number of benzene rings is 3. The molecule has 145 heavy (non-hydrogen) atoms. The van der Waals surface area contributed by atoms with Gasteiger partial charge in [-0.05, 0) is 173 Å². The fourth-order valence-corrected chi connectivity index (χ4v) is 17.5. The monoisotopic (exact) mass is 2040 g/mol. The minimum atomic E-state index is -1.27. The van der Waals surface area contributed by atoms with E-state index in [9.17, 15) is 76.7 Å². The van der Waals surface area contributed by atoms with Crippen LogP contribution in [0.15, 0.2) is 102 Å². The Morgan fingerprint density at radius 1 is 0.393 bits per heavy atom. The van der Waals surface area contributed by atoms with Crippen molar-refractivity contribution in [3.8, 4) is 17.1 Å². The standard InChI is InChI=1S/C96H136N26O22S/c1-96(2)63-74(123)84(75(124)64-96)69(33-14-16-38-77(125)98-46-22-18-34-70(105-80(128)42-41-79(127)99-45-21-6-13-40-83(131)144-119-81(129)43-44-82(119)130)89(132)101-50-26-54-140-58-62-143-61-57-139-53-25-49-100-78(126)39-17-15-37-76-85-73(65-145-76)108-95(138)109-85)97-51-55-141-59-60-142-56-52-104-90(133)71(35-19-23-47-102-92(135)86-110-116-120(113-86)66-27-7-3-8-28-66)106-91(134)72(107-94(137)88-112-118-122(115-88)68-31-11-5-12-32-68)36-20-24-48-103-93(136)87-111-117-121(114-87)67-29-9-4-10-30-67/h3-5,7-12,27-32,70-73,76,85,97H,6,13-26,33-65H2,1-2H3,(H,98,125)(H,99,127)(H,100,126)(H,101,132)(H,102,135)(H,103,136)(H,104,133)(H,105,128)(H,106,134)(H,107,137)(H2,108,109,138)/t70-,71-,72-,73-,76-,85-/m0/s1. The maximum atomic E-state index is 14.5. The number of rotatable bonds is 71. The van der Waals surface area contributed by atoms with Crippen molar-refractivity contribution in [3.63, 3.8) is 0 Å². The van der Waals surface area contributed by atoms with Gasteiger partial charge in [0.15, 0.2) is 11.6 Å². The minimum absolute atomic E-state index is 0.00423. The zero-order chi connectivity index (χ0) is 103. The Labute approximate surface area is 844 Å². The molecule has 4 aliphatic rings. The predicted octanol–water partition coefficient (Wildman–Crippen LogP) is 2.53. The van der Waals surface area contributed by atoms with Crippen LogP contribution in [0.5, 0.6) is 0 Å². The molecule has 3 aliphatic heterocycles. The molecule has 3 aromatic carbocycles. The Balaban J connectivity index is 0.626. The molecule has 3 aromatic heterocycles. The number of para-hydroxylation sites is 3. The van der Waals surface area contributed by atoms with Gasteiger partial charge in [-0.15, -0.1) is 50.0 Å². The molecule has 6 aromatic rings. The number of thioether (sulfide) groups is 1. The molecule has 1 aliphatic carbocycles. The number of carbonyl (C=O) groups excluding carboxylic acids is 16. The van der Waals surface area contributed by atoms with Crippen molar-refractivity contribution in [3.05, 3.63) is 120 Å². The SMILES string of the molecule is CC1(C)CC(=O)C(=C(CCCCC(=O)NCCCC[C@H](NC(=O)CCC(=O)NCCCCCC(=O)ON2C(=O)CCC2=O)C(=O)NCCCOCCOCCOCCCNC(=O)CCCC[C@@H]2SC[C@@H]3NC(=O)N[C@@H]32)NCCOCCOCCNC(=O)[C@H](CCCCNC(=O)c2nnn(-c3ccccc3)n2)NC(=O)[C@H](CCCCNC(=O)c2nnn(-c3ccccc3)n2)NC(=O)c2nnn(-c3ccccc3)n2)C(=O)C1. The smallest absolute Gasteiger partial charge is 0.333 e. The third-order valence-electron chi connectivity index (χ3n) is 23.6. The summed E-state index contributed by atoms with van der Waals surface area (Å²) in [6.07, 6.45) is 9.18. The van der Waals surface area contributed by atoms with Crippen LogP contribution in [0.2, 0.25) is 0 Å². The van der Waals surface area contributed by atoms with E-state index in [1.54, 1.807) is 78.9 Å². The maximum absolute atomic E-state index is 14.5. The lowest BCUT2D eigenvalue weighted by atomic mass is 9.73. The number of imide groups is 1. The Hall–Kier alpha value is -13.5. The van der Waals surface area contributed by atoms with E-state index in [2.05, 4.69) is 115 Å². The summed E-state index contributed by atoms with van der Waals surface area (Å²) in [5.74, 6) is -7.09. The van der Waals surface area contributed by atoms with Gasteiger partial charge in [0, 0.05) is 140 Å². The van der Waals surface area contributed by atoms with E-state index < -0.39 is 88.6 Å². The number of hydrogen-bond donors (Lipinski definition) is 13. The van der Waals surface area contributed by atoms with Crippen LogP contribution in [0.25, 0.3) is 17.1 Å². The van der Waals surface area contributed by atoms with Gasteiger partial charge in [-0.25, -0.2) is 9.59 Å². The Bertz CT molecular complexity index is 5190. The van der Waals surface area contributed by atoms with Crippen LogP contribution >= 0.6 is 11.8 Å². The molecule has 10 rings (SSSR count). The van der Waals surface area contributed by atoms with Crippen molar-refractivity contribution in [2.75, 3.05) is 124 Å². The highest BCUT2D eigenvalue weighted by Gasteiger charge is 2.43. The lowest BCUT2D eigenvalue weighted by Crippen LogP contribution is -2.54. The normalized spacial score (nSPS) is 15.8. The predicted molar refractivity (Wildman–Crippen MR) is 523 cm³/mol. The van der Waals surface area contributed by atoms with Crippen molar-refractivity contribution in [2.24, 2.45) is 5.41 Å². The van der Waals surface area contributed by atoms with E-state index >= 15 is 0 Å². The zero-order valence-electron chi connectivity index (χ0n) is 82.3. The van der Waals surface area contributed by atoms with Gasteiger partial charge < -0.3 is 97.6 Å².